The van der Waals surface area contributed by atoms with Crippen LogP contribution in [0.1, 0.15) is 74.2 Å². The Bertz CT molecular complexity index is 574. The van der Waals surface area contributed by atoms with Gasteiger partial charge in [0.2, 0.25) is 0 Å². The summed E-state index contributed by atoms with van der Waals surface area (Å²) in [7, 11) is 0. The number of benzene rings is 1. The van der Waals surface area contributed by atoms with Crippen LogP contribution >= 0.6 is 0 Å². The van der Waals surface area contributed by atoms with Crippen molar-refractivity contribution in [2.45, 2.75) is 64.7 Å². The highest BCUT2D eigenvalue weighted by molar-refractivity contribution is 5.97. The lowest BCUT2D eigenvalue weighted by atomic mass is 9.78. The Labute approximate surface area is 157 Å². The van der Waals surface area contributed by atoms with Crippen LogP contribution in [0.25, 0.3) is 0 Å². The monoisotopic (exact) mass is 359 g/mol. The fourth-order valence-electron chi connectivity index (χ4n) is 4.02. The third-order valence-electron chi connectivity index (χ3n) is 5.79. The second kappa shape index (κ2) is 10.5. The van der Waals surface area contributed by atoms with Crippen LogP contribution in [0, 0.1) is 17.8 Å². The molecule has 0 radical (unpaired) electrons. The van der Waals surface area contributed by atoms with E-state index in [0.29, 0.717) is 12.3 Å². The van der Waals surface area contributed by atoms with Crippen LogP contribution in [-0.2, 0) is 11.2 Å². The SMILES string of the molecule is CCCC(CCCc1ccc(C(=O)C2CCC(CN)CC2)cc1)C(=O)O. The molecule has 0 bridgehead atoms. The molecule has 0 aromatic heterocycles. The Hall–Kier alpha value is -1.68. The molecular weight excluding hydrogens is 326 g/mol. The number of carboxylic acids is 1. The number of aliphatic carboxylic acids is 1. The number of rotatable bonds is 10. The second-order valence-corrected chi connectivity index (χ2v) is 7.73. The Kier molecular flexibility index (Phi) is 8.30. The largest absolute Gasteiger partial charge is 0.481 e. The minimum absolute atomic E-state index is 0.147. The number of nitrogens with two attached hydrogens (primary N) is 1. The summed E-state index contributed by atoms with van der Waals surface area (Å²) >= 11 is 0. The van der Waals surface area contributed by atoms with Gasteiger partial charge in [-0.2, -0.15) is 0 Å². The van der Waals surface area contributed by atoms with E-state index in [1.54, 1.807) is 0 Å². The fraction of sp³-hybridized carbons (Fsp3) is 0.636. The van der Waals surface area contributed by atoms with Gasteiger partial charge in [-0.15, -0.1) is 0 Å². The molecule has 1 aromatic rings. The first-order chi connectivity index (χ1) is 12.5. The van der Waals surface area contributed by atoms with Gasteiger partial charge in [0.25, 0.3) is 0 Å². The molecule has 1 fully saturated rings. The zero-order chi connectivity index (χ0) is 18.9. The molecule has 1 aliphatic carbocycles. The lowest BCUT2D eigenvalue weighted by molar-refractivity contribution is -0.142. The van der Waals surface area contributed by atoms with Crippen molar-refractivity contribution in [3.05, 3.63) is 35.4 Å². The van der Waals surface area contributed by atoms with Gasteiger partial charge in [-0.05, 0) is 69.4 Å². The van der Waals surface area contributed by atoms with Gasteiger partial charge in [0.15, 0.2) is 5.78 Å². The topological polar surface area (TPSA) is 80.4 Å². The van der Waals surface area contributed by atoms with Crippen molar-refractivity contribution < 1.29 is 14.7 Å². The van der Waals surface area contributed by atoms with Gasteiger partial charge < -0.3 is 10.8 Å². The minimum Gasteiger partial charge on any atom is -0.481 e. The second-order valence-electron chi connectivity index (χ2n) is 7.73. The highest BCUT2D eigenvalue weighted by Gasteiger charge is 2.26. The number of Topliss-reactive ketones (excluding diaryl/α,β-unsaturated/α-hetero) is 1. The normalized spacial score (nSPS) is 21.3. The smallest absolute Gasteiger partial charge is 0.306 e. The van der Waals surface area contributed by atoms with E-state index in [0.717, 1.165) is 63.5 Å². The van der Waals surface area contributed by atoms with Crippen LogP contribution < -0.4 is 5.73 Å². The van der Waals surface area contributed by atoms with Crippen molar-refractivity contribution >= 4 is 11.8 Å². The number of hydrogen-bond donors (Lipinski definition) is 2. The molecular formula is C22H33NO3. The minimum atomic E-state index is -0.683. The molecule has 1 saturated carbocycles. The van der Waals surface area contributed by atoms with Crippen molar-refractivity contribution in [3.63, 3.8) is 0 Å². The number of carbonyl (C=O) groups is 2. The number of aryl methyl sites for hydroxylation is 1. The molecule has 144 valence electrons. The third kappa shape index (κ3) is 5.94. The van der Waals surface area contributed by atoms with Crippen LogP contribution in [0.15, 0.2) is 24.3 Å². The Morgan fingerprint density at radius 1 is 1.12 bits per heavy atom. The first-order valence-electron chi connectivity index (χ1n) is 10.1. The lowest BCUT2D eigenvalue weighted by Crippen LogP contribution is -2.25. The zero-order valence-corrected chi connectivity index (χ0v) is 16.0. The van der Waals surface area contributed by atoms with Crippen LogP contribution in [0.3, 0.4) is 0 Å². The zero-order valence-electron chi connectivity index (χ0n) is 16.0. The quantitative estimate of drug-likeness (QED) is 0.605. The maximum Gasteiger partial charge on any atom is 0.306 e. The van der Waals surface area contributed by atoms with E-state index >= 15 is 0 Å². The van der Waals surface area contributed by atoms with Gasteiger partial charge >= 0.3 is 5.97 Å². The summed E-state index contributed by atoms with van der Waals surface area (Å²) in [5.74, 6) is 0.0836. The van der Waals surface area contributed by atoms with Gasteiger partial charge in [0, 0.05) is 11.5 Å². The average molecular weight is 360 g/mol. The summed E-state index contributed by atoms with van der Waals surface area (Å²) in [5, 5.41) is 9.21. The predicted molar refractivity (Wildman–Crippen MR) is 104 cm³/mol. The van der Waals surface area contributed by atoms with Gasteiger partial charge in [0.05, 0.1) is 5.92 Å². The van der Waals surface area contributed by atoms with Crippen LogP contribution in [0.5, 0.6) is 0 Å². The van der Waals surface area contributed by atoms with Crippen molar-refractivity contribution in [1.29, 1.82) is 0 Å². The summed E-state index contributed by atoms with van der Waals surface area (Å²) in [4.78, 5) is 23.9. The molecule has 1 aromatic carbocycles. The van der Waals surface area contributed by atoms with E-state index < -0.39 is 5.97 Å². The van der Waals surface area contributed by atoms with Crippen LogP contribution in [0.4, 0.5) is 0 Å². The molecule has 1 unspecified atom stereocenters. The van der Waals surface area contributed by atoms with Crippen LogP contribution in [0.2, 0.25) is 0 Å². The summed E-state index contributed by atoms with van der Waals surface area (Å²) in [6.07, 6.45) is 8.13. The predicted octanol–water partition coefficient (Wildman–Crippen LogP) is 4.46. The van der Waals surface area contributed by atoms with Gasteiger partial charge in [-0.25, -0.2) is 0 Å². The Morgan fingerprint density at radius 3 is 2.31 bits per heavy atom. The first-order valence-corrected chi connectivity index (χ1v) is 10.1. The van der Waals surface area contributed by atoms with E-state index in [9.17, 15) is 14.7 Å². The number of ketones is 1. The molecule has 0 aliphatic heterocycles. The standard InChI is InChI=1S/C22H33NO3/c1-2-4-20(22(25)26)6-3-5-16-7-11-18(12-8-16)21(24)19-13-9-17(15-23)10-14-19/h7-8,11-12,17,19-20H,2-6,9-10,13-15,23H2,1H3,(H,25,26). The number of carbonyl (C=O) groups excluding carboxylic acids is 1. The van der Waals surface area contributed by atoms with Gasteiger partial charge in [0.1, 0.15) is 0 Å². The summed E-state index contributed by atoms with van der Waals surface area (Å²) in [6, 6.07) is 7.92. The third-order valence-corrected chi connectivity index (χ3v) is 5.79. The van der Waals surface area contributed by atoms with Gasteiger partial charge in [-0.3, -0.25) is 9.59 Å². The van der Waals surface area contributed by atoms with E-state index in [4.69, 9.17) is 5.73 Å². The van der Waals surface area contributed by atoms with Crippen molar-refractivity contribution in [2.75, 3.05) is 6.54 Å². The molecule has 0 amide bonds. The maximum atomic E-state index is 12.7. The Morgan fingerprint density at radius 2 is 1.77 bits per heavy atom. The van der Waals surface area contributed by atoms with E-state index in [2.05, 4.69) is 0 Å². The number of hydrogen-bond acceptors (Lipinski definition) is 3. The molecule has 4 nitrogen and oxygen atoms in total. The molecule has 1 aliphatic rings. The molecule has 1 atom stereocenters. The summed E-state index contributed by atoms with van der Waals surface area (Å²) < 4.78 is 0. The summed E-state index contributed by atoms with van der Waals surface area (Å²) in [6.45, 7) is 2.75. The molecule has 0 saturated heterocycles. The lowest BCUT2D eigenvalue weighted by Gasteiger charge is -2.26. The molecule has 4 heteroatoms. The van der Waals surface area contributed by atoms with E-state index in [1.165, 1.54) is 5.56 Å². The molecule has 3 N–H and O–H groups in total. The van der Waals surface area contributed by atoms with Crippen LogP contribution in [-0.4, -0.2) is 23.4 Å². The molecule has 0 heterocycles. The first kappa shape index (κ1) is 20.6. The fourth-order valence-corrected chi connectivity index (χ4v) is 4.02. The number of carboxylic acid groups (broad SMARTS) is 1. The van der Waals surface area contributed by atoms with E-state index in [-0.39, 0.29) is 17.6 Å². The van der Waals surface area contributed by atoms with Crippen molar-refractivity contribution in [1.82, 2.24) is 0 Å². The average Bonchev–Trinajstić information content (AvgIpc) is 2.67. The van der Waals surface area contributed by atoms with Crippen molar-refractivity contribution in [3.8, 4) is 0 Å². The van der Waals surface area contributed by atoms with Gasteiger partial charge in [-0.1, -0.05) is 37.6 Å². The highest BCUT2D eigenvalue weighted by Crippen LogP contribution is 2.30. The highest BCUT2D eigenvalue weighted by atomic mass is 16.4. The molecule has 2 rings (SSSR count). The summed E-state index contributed by atoms with van der Waals surface area (Å²) in [5.41, 5.74) is 7.71. The Balaban J connectivity index is 1.82. The van der Waals surface area contributed by atoms with E-state index in [1.807, 2.05) is 31.2 Å². The van der Waals surface area contributed by atoms with Crippen molar-refractivity contribution in [2.24, 2.45) is 23.5 Å². The molecule has 0 spiro atoms. The maximum absolute atomic E-state index is 12.7. The molecule has 26 heavy (non-hydrogen) atoms.